The zero-order valence-corrected chi connectivity index (χ0v) is 19.5. The Balaban J connectivity index is 1.20. The molecule has 2 heterocycles. The maximum absolute atomic E-state index is 12.5. The minimum Gasteiger partial charge on any atom is -0.595 e. The second-order valence-electron chi connectivity index (χ2n) is 7.22. The number of nitrogens with zero attached hydrogens (tertiary/aromatic N) is 2. The number of fused-ring (bicyclic) bond motifs is 2. The third kappa shape index (κ3) is 6.02. The fraction of sp³-hybridized carbons (Fsp3) is 0.227. The summed E-state index contributed by atoms with van der Waals surface area (Å²) in [5, 5.41) is 28.1. The Kier molecular flexibility index (Phi) is 8.06. The molecule has 2 aromatic carbocycles. The molecule has 0 saturated carbocycles. The molecule has 3 aromatic rings. The van der Waals surface area contributed by atoms with E-state index >= 15 is 0 Å². The first-order valence-electron chi connectivity index (χ1n) is 10.3. The maximum Gasteiger partial charge on any atom is 0.231 e. The third-order valence-electron chi connectivity index (χ3n) is 4.85. The van der Waals surface area contributed by atoms with Gasteiger partial charge < -0.3 is 28.8 Å². The molecular formula is C22H19Cl2N3O8. The number of benzene rings is 2. The van der Waals surface area contributed by atoms with Crippen molar-refractivity contribution in [2.45, 2.75) is 12.8 Å². The number of oxime groups is 2. The van der Waals surface area contributed by atoms with Crippen LogP contribution in [-0.4, -0.2) is 37.6 Å². The van der Waals surface area contributed by atoms with E-state index in [-0.39, 0.29) is 52.7 Å². The second kappa shape index (κ2) is 11.4. The first-order valence-corrected chi connectivity index (χ1v) is 11.1. The molecule has 184 valence electrons. The number of ether oxygens (including phenoxy) is 2. The third-order valence-corrected chi connectivity index (χ3v) is 5.35. The Labute approximate surface area is 208 Å². The lowest BCUT2D eigenvalue weighted by Crippen LogP contribution is -2.99. The van der Waals surface area contributed by atoms with Crippen LogP contribution in [0.1, 0.15) is 24.0 Å². The lowest BCUT2D eigenvalue weighted by Gasteiger charge is -2.14. The molecule has 0 spiro atoms. The van der Waals surface area contributed by atoms with Crippen LogP contribution in [0.3, 0.4) is 0 Å². The number of nitrogens with one attached hydrogen (secondary N) is 1. The highest BCUT2D eigenvalue weighted by atomic mass is 35.5. The van der Waals surface area contributed by atoms with Crippen LogP contribution in [0.15, 0.2) is 50.1 Å². The van der Waals surface area contributed by atoms with Crippen LogP contribution in [0.25, 0.3) is 11.0 Å². The van der Waals surface area contributed by atoms with Crippen LogP contribution >= 0.6 is 23.2 Å². The van der Waals surface area contributed by atoms with Gasteiger partial charge in [-0.1, -0.05) is 33.5 Å². The zero-order valence-electron chi connectivity index (χ0n) is 18.0. The van der Waals surface area contributed by atoms with Gasteiger partial charge in [0.05, 0.1) is 34.0 Å². The van der Waals surface area contributed by atoms with Crippen LogP contribution in [-0.2, 0) is 9.68 Å². The minimum atomic E-state index is -1.11. The first-order chi connectivity index (χ1) is 16.9. The number of halogens is 2. The highest BCUT2D eigenvalue weighted by molar-refractivity contribution is 6.38. The van der Waals surface area contributed by atoms with E-state index in [0.29, 0.717) is 34.9 Å². The molecule has 1 aliphatic rings. The van der Waals surface area contributed by atoms with Crippen molar-refractivity contribution in [1.82, 2.24) is 0 Å². The van der Waals surface area contributed by atoms with E-state index in [1.165, 1.54) is 43.0 Å². The fourth-order valence-electron chi connectivity index (χ4n) is 3.15. The fourth-order valence-corrected chi connectivity index (χ4v) is 3.68. The van der Waals surface area contributed by atoms with E-state index in [0.717, 1.165) is 0 Å². The standard InChI is InChI=1S/C22H19Cl2N3O8/c23-15-6-16-21(28)14(11-31-22(16)17(24)7-15)10-26-35-4-2-1-3-34-25-9-13-5-19-20(33-12-32-19)8-18(13)27(29)30/h5-11,27,29H,1-4,12H2/b25-9+,26-10+. The molecule has 0 amide bonds. The molecule has 1 aromatic heterocycles. The van der Waals surface area contributed by atoms with Crippen LogP contribution < -0.4 is 20.1 Å². The van der Waals surface area contributed by atoms with Gasteiger partial charge in [0.1, 0.15) is 19.5 Å². The summed E-state index contributed by atoms with van der Waals surface area (Å²) in [5.41, 5.74) is 0.474. The summed E-state index contributed by atoms with van der Waals surface area (Å²) in [6.45, 7) is 0.606. The van der Waals surface area contributed by atoms with Gasteiger partial charge in [-0.15, -0.1) is 0 Å². The van der Waals surface area contributed by atoms with Crippen LogP contribution in [0.4, 0.5) is 5.69 Å². The summed E-state index contributed by atoms with van der Waals surface area (Å²) < 4.78 is 15.8. The minimum absolute atomic E-state index is 0.0273. The van der Waals surface area contributed by atoms with Gasteiger partial charge in [0.25, 0.3) is 0 Å². The summed E-state index contributed by atoms with van der Waals surface area (Å²) in [7, 11) is 0. The number of unbranched alkanes of at least 4 members (excludes halogenated alkanes) is 1. The largest absolute Gasteiger partial charge is 0.595 e. The summed E-state index contributed by atoms with van der Waals surface area (Å²) in [6, 6.07) is 5.88. The number of hydrogen-bond donors (Lipinski definition) is 2. The van der Waals surface area contributed by atoms with E-state index < -0.39 is 5.23 Å². The van der Waals surface area contributed by atoms with Gasteiger partial charge >= 0.3 is 0 Å². The Bertz CT molecular complexity index is 1330. The van der Waals surface area contributed by atoms with Gasteiger partial charge in [0.2, 0.25) is 12.2 Å². The summed E-state index contributed by atoms with van der Waals surface area (Å²) in [6.07, 6.45) is 5.02. The second-order valence-corrected chi connectivity index (χ2v) is 8.07. The van der Waals surface area contributed by atoms with Gasteiger partial charge in [-0.2, -0.15) is 5.23 Å². The van der Waals surface area contributed by atoms with E-state index in [4.69, 9.17) is 46.8 Å². The number of hydrogen-bond acceptors (Lipinski definition) is 10. The van der Waals surface area contributed by atoms with Crippen molar-refractivity contribution in [3.8, 4) is 11.5 Å². The van der Waals surface area contributed by atoms with E-state index in [9.17, 15) is 15.2 Å². The van der Waals surface area contributed by atoms with Crippen LogP contribution in [0, 0.1) is 5.21 Å². The summed E-state index contributed by atoms with van der Waals surface area (Å²) >= 11 is 12.0. The molecular weight excluding hydrogens is 505 g/mol. The lowest BCUT2D eigenvalue weighted by atomic mass is 10.1. The molecule has 4 rings (SSSR count). The Hall–Kier alpha value is -3.35. The molecule has 1 unspecified atom stereocenters. The molecule has 1 atom stereocenters. The van der Waals surface area contributed by atoms with Crippen molar-refractivity contribution < 1.29 is 34.0 Å². The molecule has 1 aliphatic heterocycles. The van der Waals surface area contributed by atoms with Crippen molar-refractivity contribution >= 4 is 52.3 Å². The van der Waals surface area contributed by atoms with E-state index in [1.54, 1.807) is 0 Å². The average Bonchev–Trinajstić information content (AvgIpc) is 3.28. The predicted octanol–water partition coefficient (Wildman–Crippen LogP) is 3.41. The van der Waals surface area contributed by atoms with Crippen molar-refractivity contribution in [3.63, 3.8) is 0 Å². The molecule has 0 fully saturated rings. The molecule has 13 heteroatoms. The normalized spacial score (nSPS) is 13.7. The SMILES string of the molecule is O=c1c(/C=N/OCCCCO/N=C/c2cc3c(cc2[NH+]([O-])O)OCO3)coc2c(Cl)cc(Cl)cc12. The highest BCUT2D eigenvalue weighted by Crippen LogP contribution is 2.35. The molecule has 2 N–H and O–H groups in total. The van der Waals surface area contributed by atoms with Crippen molar-refractivity contribution in [2.24, 2.45) is 10.3 Å². The van der Waals surface area contributed by atoms with Gasteiger partial charge in [0, 0.05) is 11.1 Å². The molecule has 0 bridgehead atoms. The van der Waals surface area contributed by atoms with Crippen molar-refractivity contribution in [1.29, 1.82) is 0 Å². The quantitative estimate of drug-likeness (QED) is 0.234. The molecule has 35 heavy (non-hydrogen) atoms. The molecule has 11 nitrogen and oxygen atoms in total. The topological polar surface area (TPSA) is 140 Å². The maximum atomic E-state index is 12.5. The van der Waals surface area contributed by atoms with E-state index in [2.05, 4.69) is 10.3 Å². The number of quaternary nitrogens is 1. The number of rotatable bonds is 10. The average molecular weight is 524 g/mol. The van der Waals surface area contributed by atoms with Gasteiger partial charge in [0.15, 0.2) is 22.8 Å². The Morgan fingerprint density at radius 2 is 1.69 bits per heavy atom. The predicted molar refractivity (Wildman–Crippen MR) is 127 cm³/mol. The monoisotopic (exact) mass is 523 g/mol. The van der Waals surface area contributed by atoms with Crippen molar-refractivity contribution in [2.75, 3.05) is 20.0 Å². The summed E-state index contributed by atoms with van der Waals surface area (Å²) in [5.74, 6) is 0.821. The molecule has 0 aliphatic carbocycles. The zero-order chi connectivity index (χ0) is 24.8. The molecule has 0 saturated heterocycles. The van der Waals surface area contributed by atoms with Crippen LogP contribution in [0.2, 0.25) is 10.0 Å². The molecule has 0 radical (unpaired) electrons. The first kappa shape index (κ1) is 24.8. The van der Waals surface area contributed by atoms with Gasteiger partial charge in [-0.3, -0.25) is 4.79 Å². The lowest BCUT2D eigenvalue weighted by molar-refractivity contribution is -0.991. The van der Waals surface area contributed by atoms with Crippen LogP contribution in [0.5, 0.6) is 11.5 Å². The van der Waals surface area contributed by atoms with Gasteiger partial charge in [-0.05, 0) is 31.0 Å². The van der Waals surface area contributed by atoms with E-state index in [1.807, 2.05) is 0 Å². The summed E-state index contributed by atoms with van der Waals surface area (Å²) in [4.78, 5) is 22.9. The smallest absolute Gasteiger partial charge is 0.231 e. The Morgan fingerprint density at radius 3 is 2.37 bits per heavy atom. The van der Waals surface area contributed by atoms with Crippen molar-refractivity contribution in [3.05, 3.63) is 67.1 Å². The Morgan fingerprint density at radius 1 is 1.03 bits per heavy atom. The highest BCUT2D eigenvalue weighted by Gasteiger charge is 2.20. The van der Waals surface area contributed by atoms with Gasteiger partial charge in [-0.25, -0.2) is 5.21 Å².